The van der Waals surface area contributed by atoms with Crippen molar-refractivity contribution in [3.63, 3.8) is 0 Å². The number of aliphatic hydroxyl groups is 4. The van der Waals surface area contributed by atoms with Gasteiger partial charge in [-0.3, -0.25) is 0 Å². The first-order valence-electron chi connectivity index (χ1n) is 10.0. The molecule has 0 spiro atoms. The van der Waals surface area contributed by atoms with Crippen LogP contribution in [0.5, 0.6) is 0 Å². The molecule has 5 N–H and O–H groups in total. The zero-order valence-corrected chi connectivity index (χ0v) is 18.2. The van der Waals surface area contributed by atoms with E-state index < -0.39 is 29.9 Å². The molecule has 0 radical (unpaired) electrons. The molecule has 0 unspecified atom stereocenters. The van der Waals surface area contributed by atoms with Crippen molar-refractivity contribution in [2.45, 2.75) is 68.7 Å². The lowest BCUT2D eigenvalue weighted by Crippen LogP contribution is -2.35. The minimum absolute atomic E-state index is 0.0730. The van der Waals surface area contributed by atoms with Crippen molar-refractivity contribution in [1.29, 1.82) is 0 Å². The second kappa shape index (κ2) is 9.71. The monoisotopic (exact) mass is 442 g/mol. The normalized spacial score (nSPS) is 24.6. The number of aliphatic hydroxyl groups excluding tert-OH is 4. The molecule has 0 saturated heterocycles. The first-order valence-corrected chi connectivity index (χ1v) is 11.0. The number of nitrogens with one attached hydrogen (secondary N) is 1. The fraction of sp³-hybridized carbons (Fsp3) is 0.778. The third-order valence-electron chi connectivity index (χ3n) is 4.93. The van der Waals surface area contributed by atoms with Crippen molar-refractivity contribution >= 4 is 28.7 Å². The van der Waals surface area contributed by atoms with Crippen LogP contribution < -0.4 is 5.32 Å². The zero-order valence-electron chi connectivity index (χ0n) is 17.4. The van der Waals surface area contributed by atoms with Crippen LogP contribution in [-0.4, -0.2) is 94.8 Å². The van der Waals surface area contributed by atoms with Crippen LogP contribution in [0.4, 0.5) is 5.82 Å². The van der Waals surface area contributed by atoms with Crippen LogP contribution in [0.1, 0.15) is 39.7 Å². The third kappa shape index (κ3) is 4.84. The molecule has 0 amide bonds. The Bertz CT molecular complexity index is 850. The number of anilines is 1. The van der Waals surface area contributed by atoms with E-state index in [9.17, 15) is 15.3 Å². The van der Waals surface area contributed by atoms with E-state index in [0.717, 1.165) is 12.2 Å². The van der Waals surface area contributed by atoms with E-state index in [2.05, 4.69) is 32.5 Å². The minimum Gasteiger partial charge on any atom is -0.394 e. The topological polar surface area (TPSA) is 159 Å². The molecule has 12 heteroatoms. The Morgan fingerprint density at radius 2 is 2.00 bits per heavy atom. The van der Waals surface area contributed by atoms with E-state index in [1.807, 2.05) is 13.8 Å². The lowest BCUT2D eigenvalue weighted by Gasteiger charge is -2.24. The predicted molar refractivity (Wildman–Crippen MR) is 111 cm³/mol. The van der Waals surface area contributed by atoms with Crippen molar-refractivity contribution in [3.8, 4) is 0 Å². The standard InChI is InChI=1S/C18H30N6O5S/c1-4-7-30-17-19-15(21-18(2,3)9-26)12-16(20-17)24(23-22-12)10-8-11(29-6-5-25)14(28)13(10)27/h10-11,13-14,25-28H,4-9H2,1-3H3,(H,19,20,21)/t10-,11+,13+,14-/m1/s1. The summed E-state index contributed by atoms with van der Waals surface area (Å²) < 4.78 is 6.96. The quantitative estimate of drug-likeness (QED) is 0.248. The van der Waals surface area contributed by atoms with Crippen LogP contribution >= 0.6 is 11.8 Å². The molecule has 0 aliphatic heterocycles. The Kier molecular flexibility index (Phi) is 7.47. The molecule has 4 atom stereocenters. The smallest absolute Gasteiger partial charge is 0.191 e. The molecule has 2 heterocycles. The van der Waals surface area contributed by atoms with Gasteiger partial charge in [-0.25, -0.2) is 14.6 Å². The Morgan fingerprint density at radius 3 is 2.67 bits per heavy atom. The van der Waals surface area contributed by atoms with E-state index in [0.29, 0.717) is 28.6 Å². The van der Waals surface area contributed by atoms with E-state index in [4.69, 9.17) is 9.84 Å². The first kappa shape index (κ1) is 23.1. The van der Waals surface area contributed by atoms with Crippen LogP contribution in [-0.2, 0) is 4.74 Å². The summed E-state index contributed by atoms with van der Waals surface area (Å²) in [5.74, 6) is 1.28. The molecule has 168 valence electrons. The summed E-state index contributed by atoms with van der Waals surface area (Å²) in [6.45, 7) is 5.53. The summed E-state index contributed by atoms with van der Waals surface area (Å²) >= 11 is 1.49. The number of fused-ring (bicyclic) bond motifs is 1. The van der Waals surface area contributed by atoms with Crippen molar-refractivity contribution in [2.24, 2.45) is 0 Å². The molecular formula is C18H30N6O5S. The van der Waals surface area contributed by atoms with Gasteiger partial charge >= 0.3 is 0 Å². The lowest BCUT2D eigenvalue weighted by atomic mass is 10.1. The summed E-state index contributed by atoms with van der Waals surface area (Å²) in [7, 11) is 0. The Hall–Kier alpha value is -1.57. The van der Waals surface area contributed by atoms with Gasteiger partial charge in [0.25, 0.3) is 0 Å². The highest BCUT2D eigenvalue weighted by molar-refractivity contribution is 7.99. The number of thioether (sulfide) groups is 1. The number of ether oxygens (including phenoxy) is 1. The highest BCUT2D eigenvalue weighted by Crippen LogP contribution is 2.35. The van der Waals surface area contributed by atoms with Gasteiger partial charge < -0.3 is 30.5 Å². The van der Waals surface area contributed by atoms with Gasteiger partial charge in [-0.2, -0.15) is 0 Å². The summed E-state index contributed by atoms with van der Waals surface area (Å²) in [5, 5.41) is 51.7. The summed E-state index contributed by atoms with van der Waals surface area (Å²) in [6, 6.07) is -0.591. The van der Waals surface area contributed by atoms with E-state index >= 15 is 0 Å². The second-order valence-electron chi connectivity index (χ2n) is 7.99. The molecule has 30 heavy (non-hydrogen) atoms. The maximum absolute atomic E-state index is 10.6. The predicted octanol–water partition coefficient (Wildman–Crippen LogP) is -0.0497. The van der Waals surface area contributed by atoms with Crippen molar-refractivity contribution in [1.82, 2.24) is 25.0 Å². The largest absolute Gasteiger partial charge is 0.394 e. The molecule has 0 bridgehead atoms. The first-order chi connectivity index (χ1) is 14.3. The van der Waals surface area contributed by atoms with E-state index in [-0.39, 0.29) is 19.8 Å². The molecule has 11 nitrogen and oxygen atoms in total. The van der Waals surface area contributed by atoms with Gasteiger partial charge in [-0.05, 0) is 20.3 Å². The minimum atomic E-state index is -1.12. The van der Waals surface area contributed by atoms with Gasteiger partial charge in [0, 0.05) is 12.2 Å². The number of hydrogen-bond donors (Lipinski definition) is 5. The molecule has 0 aromatic carbocycles. The fourth-order valence-corrected chi connectivity index (χ4v) is 4.01. The average Bonchev–Trinajstić information content (AvgIpc) is 3.26. The number of nitrogens with zero attached hydrogens (tertiary/aromatic N) is 5. The lowest BCUT2D eigenvalue weighted by molar-refractivity contribution is -0.0629. The highest BCUT2D eigenvalue weighted by atomic mass is 32.2. The van der Waals surface area contributed by atoms with Crippen LogP contribution in [0.25, 0.3) is 11.2 Å². The molecule has 3 rings (SSSR count). The Morgan fingerprint density at radius 1 is 1.23 bits per heavy atom. The number of hydrogen-bond acceptors (Lipinski definition) is 11. The van der Waals surface area contributed by atoms with E-state index in [1.54, 1.807) is 0 Å². The van der Waals surface area contributed by atoms with Crippen LogP contribution in [0.15, 0.2) is 5.16 Å². The molecule has 1 fully saturated rings. The molecule has 1 saturated carbocycles. The van der Waals surface area contributed by atoms with Crippen LogP contribution in [0, 0.1) is 0 Å². The summed E-state index contributed by atoms with van der Waals surface area (Å²) in [6.07, 6.45) is -1.61. The van der Waals surface area contributed by atoms with Gasteiger partial charge in [0.1, 0.15) is 12.2 Å². The van der Waals surface area contributed by atoms with Gasteiger partial charge in [-0.1, -0.05) is 23.9 Å². The van der Waals surface area contributed by atoms with Gasteiger partial charge in [0.15, 0.2) is 22.1 Å². The molecule has 2 aromatic rings. The average molecular weight is 443 g/mol. The van der Waals surface area contributed by atoms with Gasteiger partial charge in [0.2, 0.25) is 0 Å². The Balaban J connectivity index is 1.99. The molecule has 1 aliphatic rings. The van der Waals surface area contributed by atoms with Crippen LogP contribution in [0.3, 0.4) is 0 Å². The maximum atomic E-state index is 10.6. The third-order valence-corrected chi connectivity index (χ3v) is 5.98. The molecule has 1 aliphatic carbocycles. The van der Waals surface area contributed by atoms with Crippen molar-refractivity contribution < 1.29 is 25.2 Å². The second-order valence-corrected chi connectivity index (χ2v) is 9.06. The molecule has 2 aromatic heterocycles. The zero-order chi connectivity index (χ0) is 21.9. The van der Waals surface area contributed by atoms with Crippen LogP contribution in [0.2, 0.25) is 0 Å². The summed E-state index contributed by atoms with van der Waals surface area (Å²) in [5.41, 5.74) is 0.210. The van der Waals surface area contributed by atoms with Gasteiger partial charge in [-0.15, -0.1) is 5.10 Å². The number of rotatable bonds is 10. The van der Waals surface area contributed by atoms with Crippen molar-refractivity contribution in [2.75, 3.05) is 30.9 Å². The highest BCUT2D eigenvalue weighted by Gasteiger charge is 2.44. The maximum Gasteiger partial charge on any atom is 0.191 e. The van der Waals surface area contributed by atoms with Gasteiger partial charge in [0.05, 0.1) is 37.5 Å². The van der Waals surface area contributed by atoms with E-state index in [1.165, 1.54) is 16.4 Å². The summed E-state index contributed by atoms with van der Waals surface area (Å²) in [4.78, 5) is 9.14. The SMILES string of the molecule is CCCSc1nc(NC(C)(C)CO)c2nnn([C@@H]3C[C@H](OCCO)[C@@H](O)[C@H]3O)c2n1. The Labute approximate surface area is 178 Å². The number of aromatic nitrogens is 5. The fourth-order valence-electron chi connectivity index (χ4n) is 3.32. The molecular weight excluding hydrogens is 412 g/mol. The van der Waals surface area contributed by atoms with Crippen molar-refractivity contribution in [3.05, 3.63) is 0 Å².